The van der Waals surface area contributed by atoms with Crippen molar-refractivity contribution < 1.29 is 28.7 Å². The van der Waals surface area contributed by atoms with E-state index in [9.17, 15) is 19.2 Å². The van der Waals surface area contributed by atoms with Crippen LogP contribution in [-0.4, -0.2) is 73.7 Å². The summed E-state index contributed by atoms with van der Waals surface area (Å²) in [6.07, 6.45) is 3.13. The van der Waals surface area contributed by atoms with E-state index < -0.39 is 24.3 Å². The van der Waals surface area contributed by atoms with Gasteiger partial charge in [0.25, 0.3) is 0 Å². The lowest BCUT2D eigenvalue weighted by atomic mass is 10.1. The zero-order chi connectivity index (χ0) is 36.6. The maximum Gasteiger partial charge on any atom is 0.410 e. The molecule has 0 bridgehead atoms. The van der Waals surface area contributed by atoms with Crippen LogP contribution in [0.2, 0.25) is 0 Å². The lowest BCUT2D eigenvalue weighted by Crippen LogP contribution is -2.43. The summed E-state index contributed by atoms with van der Waals surface area (Å²) in [5.74, 6) is 0.0389. The standard InChI is InChI=1S/C40H39N7O6/c48-37(34-13-7-23-45(34)39(50)52-25-28-9-3-1-4-10-28)42-31-17-15-30(16-18-31)36-44-41-27-47(36)33-21-19-32(20-22-33)43-38(49)35-14-8-24-46(35)40(51)53-26-29-11-5-2-6-12-29/h1-6,9-12,15-22,27,34-35H,7-8,13-14,23-26H2,(H,42,48)(H,43,49). The van der Waals surface area contributed by atoms with Gasteiger partial charge >= 0.3 is 12.2 Å². The minimum absolute atomic E-state index is 0.145. The monoisotopic (exact) mass is 713 g/mol. The topological polar surface area (TPSA) is 148 Å². The predicted octanol–water partition coefficient (Wildman–Crippen LogP) is 6.41. The summed E-state index contributed by atoms with van der Waals surface area (Å²) in [6.45, 7) is 1.21. The van der Waals surface area contributed by atoms with Crippen molar-refractivity contribution >= 4 is 35.4 Å². The minimum atomic E-state index is -0.618. The quantitative estimate of drug-likeness (QED) is 0.169. The van der Waals surface area contributed by atoms with Gasteiger partial charge in [-0.1, -0.05) is 60.7 Å². The van der Waals surface area contributed by atoms with Crippen LogP contribution in [-0.2, 0) is 32.3 Å². The number of carbonyl (C=O) groups is 4. The highest BCUT2D eigenvalue weighted by Crippen LogP contribution is 2.26. The van der Waals surface area contributed by atoms with E-state index in [1.165, 1.54) is 9.80 Å². The van der Waals surface area contributed by atoms with Crippen LogP contribution in [0, 0.1) is 0 Å². The molecule has 0 saturated carbocycles. The Labute approximate surface area is 306 Å². The van der Waals surface area contributed by atoms with E-state index in [4.69, 9.17) is 9.47 Å². The van der Waals surface area contributed by atoms with Crippen molar-refractivity contribution in [2.75, 3.05) is 23.7 Å². The van der Waals surface area contributed by atoms with Crippen molar-refractivity contribution in [3.05, 3.63) is 127 Å². The molecule has 1 aromatic heterocycles. The third-order valence-electron chi connectivity index (χ3n) is 9.36. The van der Waals surface area contributed by atoms with Gasteiger partial charge in [-0.25, -0.2) is 9.59 Å². The van der Waals surface area contributed by atoms with E-state index in [0.29, 0.717) is 56.0 Å². The largest absolute Gasteiger partial charge is 0.445 e. The van der Waals surface area contributed by atoms with E-state index in [2.05, 4.69) is 20.8 Å². The third kappa shape index (κ3) is 8.36. The number of benzene rings is 4. The maximum absolute atomic E-state index is 13.2. The van der Waals surface area contributed by atoms with Crippen molar-refractivity contribution in [2.24, 2.45) is 0 Å². The molecule has 13 heteroatoms. The smallest absolute Gasteiger partial charge is 0.410 e. The number of likely N-dealkylation sites (tertiary alicyclic amines) is 2. The van der Waals surface area contributed by atoms with Crippen molar-refractivity contribution in [3.63, 3.8) is 0 Å². The van der Waals surface area contributed by atoms with Crippen LogP contribution in [0.5, 0.6) is 0 Å². The van der Waals surface area contributed by atoms with E-state index in [1.807, 2.05) is 89.5 Å². The Morgan fingerprint density at radius 3 is 1.58 bits per heavy atom. The fourth-order valence-corrected chi connectivity index (χ4v) is 6.60. The first kappa shape index (κ1) is 34.9. The molecule has 0 aliphatic carbocycles. The first-order valence-electron chi connectivity index (χ1n) is 17.6. The van der Waals surface area contributed by atoms with Gasteiger partial charge in [0, 0.05) is 35.7 Å². The van der Waals surface area contributed by atoms with Crippen LogP contribution in [0.15, 0.2) is 116 Å². The first-order chi connectivity index (χ1) is 25.9. The number of carbonyl (C=O) groups excluding carboxylic acids is 4. The van der Waals surface area contributed by atoms with E-state index in [-0.39, 0.29) is 25.0 Å². The second kappa shape index (κ2) is 16.2. The molecule has 2 atom stereocenters. The lowest BCUT2D eigenvalue weighted by molar-refractivity contribution is -0.120. The van der Waals surface area contributed by atoms with Crippen LogP contribution in [0.4, 0.5) is 21.0 Å². The number of nitrogens with one attached hydrogen (secondary N) is 2. The molecule has 3 heterocycles. The Morgan fingerprint density at radius 1 is 0.623 bits per heavy atom. The Kier molecular flexibility index (Phi) is 10.7. The number of hydrogen-bond donors (Lipinski definition) is 2. The van der Waals surface area contributed by atoms with Crippen LogP contribution in [0.3, 0.4) is 0 Å². The first-order valence-corrected chi connectivity index (χ1v) is 17.6. The summed E-state index contributed by atoms with van der Waals surface area (Å²) >= 11 is 0. The SMILES string of the molecule is O=C(Nc1ccc(-c2nncn2-c2ccc(NC(=O)C3CCCN3C(=O)OCc3ccccc3)cc2)cc1)C1CCCN1C(=O)OCc1ccccc1. The summed E-state index contributed by atoms with van der Waals surface area (Å²) in [5, 5.41) is 14.3. The highest BCUT2D eigenvalue weighted by molar-refractivity contribution is 5.97. The van der Waals surface area contributed by atoms with Gasteiger partial charge in [-0.15, -0.1) is 10.2 Å². The molecule has 4 amide bonds. The van der Waals surface area contributed by atoms with Crippen molar-refractivity contribution in [1.29, 1.82) is 0 Å². The molecule has 4 aromatic carbocycles. The molecule has 2 aliphatic heterocycles. The summed E-state index contributed by atoms with van der Waals surface area (Å²) in [5.41, 5.74) is 4.47. The normalized spacial score (nSPS) is 16.6. The number of nitrogens with zero attached hydrogens (tertiary/aromatic N) is 5. The fourth-order valence-electron chi connectivity index (χ4n) is 6.60. The average molecular weight is 714 g/mol. The van der Waals surface area contributed by atoms with Crippen molar-refractivity contribution in [3.8, 4) is 17.1 Å². The zero-order valence-electron chi connectivity index (χ0n) is 29.0. The number of aromatic nitrogens is 3. The van der Waals surface area contributed by atoms with Gasteiger partial charge in [0.05, 0.1) is 0 Å². The van der Waals surface area contributed by atoms with E-state index in [0.717, 1.165) is 22.4 Å². The number of rotatable bonds is 10. The van der Waals surface area contributed by atoms with Crippen LogP contribution in [0.25, 0.3) is 17.1 Å². The summed E-state index contributed by atoms with van der Waals surface area (Å²) in [6, 6.07) is 32.1. The highest BCUT2D eigenvalue weighted by Gasteiger charge is 2.36. The summed E-state index contributed by atoms with van der Waals surface area (Å²) < 4.78 is 12.8. The van der Waals surface area contributed by atoms with Gasteiger partial charge in [-0.2, -0.15) is 0 Å². The third-order valence-corrected chi connectivity index (χ3v) is 9.36. The van der Waals surface area contributed by atoms with E-state index in [1.54, 1.807) is 30.6 Å². The number of hydrogen-bond acceptors (Lipinski definition) is 8. The molecule has 2 saturated heterocycles. The highest BCUT2D eigenvalue weighted by atomic mass is 16.6. The molecule has 0 spiro atoms. The molecule has 0 radical (unpaired) electrons. The Morgan fingerprint density at radius 2 is 1.09 bits per heavy atom. The molecule has 270 valence electrons. The second-order valence-electron chi connectivity index (χ2n) is 12.9. The Bertz CT molecular complexity index is 1890. The van der Waals surface area contributed by atoms with Gasteiger partial charge < -0.3 is 20.1 Å². The summed E-state index contributed by atoms with van der Waals surface area (Å²) in [4.78, 5) is 55.0. The maximum atomic E-state index is 13.2. The van der Waals surface area contributed by atoms with Crippen LogP contribution >= 0.6 is 0 Å². The fraction of sp³-hybridized carbons (Fsp3) is 0.250. The lowest BCUT2D eigenvalue weighted by Gasteiger charge is -2.23. The van der Waals surface area contributed by atoms with E-state index >= 15 is 0 Å². The molecule has 2 fully saturated rings. The number of ether oxygens (including phenoxy) is 2. The molecule has 7 rings (SSSR count). The van der Waals surface area contributed by atoms with Gasteiger partial charge in [-0.05, 0) is 85.3 Å². The Balaban J connectivity index is 0.933. The molecule has 53 heavy (non-hydrogen) atoms. The summed E-state index contributed by atoms with van der Waals surface area (Å²) in [7, 11) is 0. The van der Waals surface area contributed by atoms with Gasteiger partial charge in [0.2, 0.25) is 11.8 Å². The number of amides is 4. The second-order valence-corrected chi connectivity index (χ2v) is 12.9. The molecule has 2 N–H and O–H groups in total. The van der Waals surface area contributed by atoms with Gasteiger partial charge in [0.15, 0.2) is 5.82 Å². The van der Waals surface area contributed by atoms with Gasteiger partial charge in [-0.3, -0.25) is 24.0 Å². The predicted molar refractivity (Wildman–Crippen MR) is 197 cm³/mol. The van der Waals surface area contributed by atoms with Gasteiger partial charge in [0.1, 0.15) is 31.6 Å². The zero-order valence-corrected chi connectivity index (χ0v) is 29.0. The average Bonchev–Trinajstić information content (AvgIpc) is 4.00. The van der Waals surface area contributed by atoms with Crippen molar-refractivity contribution in [1.82, 2.24) is 24.6 Å². The van der Waals surface area contributed by atoms with Crippen molar-refractivity contribution in [2.45, 2.75) is 51.0 Å². The van der Waals surface area contributed by atoms with Crippen LogP contribution < -0.4 is 10.6 Å². The molecule has 13 nitrogen and oxygen atoms in total. The van der Waals surface area contributed by atoms with Crippen LogP contribution in [0.1, 0.15) is 36.8 Å². The molecular formula is C40H39N7O6. The minimum Gasteiger partial charge on any atom is -0.445 e. The number of anilines is 2. The Hall–Kier alpha value is -6.50. The molecular weight excluding hydrogens is 674 g/mol. The molecule has 2 aliphatic rings. The molecule has 2 unspecified atom stereocenters. The molecule has 5 aromatic rings.